The van der Waals surface area contributed by atoms with Crippen LogP contribution < -0.4 is 0 Å². The predicted octanol–water partition coefficient (Wildman–Crippen LogP) is 5.59. The van der Waals surface area contributed by atoms with Gasteiger partial charge in [-0.1, -0.05) is 74.4 Å². The van der Waals surface area contributed by atoms with Crippen molar-refractivity contribution in [2.75, 3.05) is 0 Å². The van der Waals surface area contributed by atoms with Gasteiger partial charge in [-0.2, -0.15) is 0 Å². The van der Waals surface area contributed by atoms with Gasteiger partial charge < -0.3 is 0 Å². The van der Waals surface area contributed by atoms with Gasteiger partial charge in [-0.05, 0) is 36.4 Å². The molecule has 0 aromatic heterocycles. The summed E-state index contributed by atoms with van der Waals surface area (Å²) in [5.41, 5.74) is 9.42. The summed E-state index contributed by atoms with van der Waals surface area (Å²) < 4.78 is 0. The molecule has 2 aromatic carbocycles. The Balaban J connectivity index is 1.98. The molecule has 0 N–H and O–H groups in total. The van der Waals surface area contributed by atoms with Crippen LogP contribution >= 0.6 is 0 Å². The van der Waals surface area contributed by atoms with Crippen LogP contribution in [0.3, 0.4) is 0 Å². The first-order valence-corrected chi connectivity index (χ1v) is 14.9. The third-order valence-corrected chi connectivity index (χ3v) is 9.12. The van der Waals surface area contributed by atoms with E-state index in [1.165, 1.54) is 12.1 Å². The summed E-state index contributed by atoms with van der Waals surface area (Å²) in [5, 5.41) is 0. The van der Waals surface area contributed by atoms with Gasteiger partial charge in [0.15, 0.2) is 0 Å². The Morgan fingerprint density at radius 2 is 0.917 bits per heavy atom. The Morgan fingerprint density at radius 3 is 1.25 bits per heavy atom. The fourth-order valence-electron chi connectivity index (χ4n) is 2.28. The van der Waals surface area contributed by atoms with Crippen LogP contribution in [-0.2, 0) is 0 Å². The monoisotopic (exact) mass is 346 g/mol. The van der Waals surface area contributed by atoms with E-state index in [0.29, 0.717) is 0 Å². The van der Waals surface area contributed by atoms with E-state index in [-0.39, 0.29) is 0 Å². The summed E-state index contributed by atoms with van der Waals surface area (Å²) in [6, 6.07) is 23.1. The van der Waals surface area contributed by atoms with Crippen LogP contribution in [0.4, 0.5) is 0 Å². The Bertz CT molecular complexity index is 697. The maximum absolute atomic E-state index is 3.58. The van der Waals surface area contributed by atoms with Crippen LogP contribution in [0.2, 0.25) is 38.3 Å². The molecule has 24 heavy (non-hydrogen) atoms. The van der Waals surface area contributed by atoms with E-state index in [0.717, 1.165) is 11.1 Å². The zero-order valence-electron chi connectivity index (χ0n) is 15.2. The molecular formula is C22H26Si2. The molecule has 122 valence electrons. The van der Waals surface area contributed by atoms with Gasteiger partial charge >= 0.3 is 0 Å². The van der Waals surface area contributed by atoms with Crippen LogP contribution in [0, 0.1) is 22.9 Å². The van der Waals surface area contributed by atoms with Crippen molar-refractivity contribution in [2.24, 2.45) is 0 Å². The van der Waals surface area contributed by atoms with Crippen molar-refractivity contribution in [2.45, 2.75) is 38.3 Å². The van der Waals surface area contributed by atoms with E-state index in [4.69, 9.17) is 0 Å². The number of rotatable bonds is 3. The van der Waals surface area contributed by atoms with Crippen LogP contribution in [-0.4, -0.2) is 16.1 Å². The van der Waals surface area contributed by atoms with Crippen LogP contribution in [0.15, 0.2) is 60.7 Å². The molecular weight excluding hydrogens is 320 g/mol. The van der Waals surface area contributed by atoms with E-state index in [9.17, 15) is 0 Å². The minimum absolute atomic E-state index is 1.12. The third kappa shape index (κ3) is 6.63. The zero-order chi connectivity index (χ0) is 17.5. The zero-order valence-corrected chi connectivity index (χ0v) is 17.2. The van der Waals surface area contributed by atoms with E-state index >= 15 is 0 Å². The SMILES string of the molecule is C[Si](C)(C#Cc1ccccc1)CC[Si](C)(C)C#Cc1ccccc1. The first kappa shape index (κ1) is 18.3. The highest BCUT2D eigenvalue weighted by molar-refractivity contribution is 6.90. The Morgan fingerprint density at radius 1 is 0.583 bits per heavy atom. The molecule has 0 saturated heterocycles. The van der Waals surface area contributed by atoms with Gasteiger partial charge in [0, 0.05) is 11.1 Å². The van der Waals surface area contributed by atoms with Gasteiger partial charge in [-0.25, -0.2) is 0 Å². The molecule has 0 radical (unpaired) electrons. The summed E-state index contributed by atoms with van der Waals surface area (Å²) in [5.74, 6) is 6.74. The molecule has 2 rings (SSSR count). The smallest absolute Gasteiger partial charge is 0.126 e. The molecule has 0 spiro atoms. The minimum Gasteiger partial charge on any atom is -0.126 e. The second-order valence-electron chi connectivity index (χ2n) is 7.50. The highest BCUT2D eigenvalue weighted by atomic mass is 28.3. The normalized spacial score (nSPS) is 11.0. The molecule has 0 unspecified atom stereocenters. The van der Waals surface area contributed by atoms with Crippen molar-refractivity contribution >= 4 is 16.1 Å². The van der Waals surface area contributed by atoms with Crippen molar-refractivity contribution in [3.8, 4) is 22.9 Å². The topological polar surface area (TPSA) is 0 Å². The van der Waals surface area contributed by atoms with E-state index in [1.807, 2.05) is 36.4 Å². The Labute approximate surface area is 149 Å². The van der Waals surface area contributed by atoms with E-state index in [2.05, 4.69) is 73.4 Å². The summed E-state index contributed by atoms with van der Waals surface area (Å²) >= 11 is 0. The molecule has 0 nitrogen and oxygen atoms in total. The number of benzene rings is 2. The highest BCUT2D eigenvalue weighted by Crippen LogP contribution is 2.19. The third-order valence-electron chi connectivity index (χ3n) is 4.01. The standard InChI is InChI=1S/C22H26Si2/c1-23(2,17-15-21-11-7-5-8-12-21)19-20-24(3,4)18-16-22-13-9-6-10-14-22/h5-14H,19-20H2,1-4H3. The second-order valence-corrected chi connectivity index (χ2v) is 16.5. The van der Waals surface area contributed by atoms with E-state index < -0.39 is 16.1 Å². The van der Waals surface area contributed by atoms with E-state index in [1.54, 1.807) is 0 Å². The Hall–Kier alpha value is -2.01. The molecule has 2 heteroatoms. The second kappa shape index (κ2) is 8.20. The molecule has 0 saturated carbocycles. The van der Waals surface area contributed by atoms with Gasteiger partial charge in [-0.3, -0.25) is 0 Å². The van der Waals surface area contributed by atoms with Crippen molar-refractivity contribution < 1.29 is 0 Å². The predicted molar refractivity (Wildman–Crippen MR) is 111 cm³/mol. The molecule has 0 aliphatic heterocycles. The van der Waals surface area contributed by atoms with Gasteiger partial charge in [0.1, 0.15) is 16.1 Å². The molecule has 0 bridgehead atoms. The summed E-state index contributed by atoms with van der Waals surface area (Å²) in [6.07, 6.45) is 0. The van der Waals surface area contributed by atoms with Gasteiger partial charge in [0.05, 0.1) is 0 Å². The lowest BCUT2D eigenvalue weighted by Gasteiger charge is -2.20. The average molecular weight is 347 g/mol. The molecule has 2 aromatic rings. The van der Waals surface area contributed by atoms with Crippen molar-refractivity contribution in [1.82, 2.24) is 0 Å². The lowest BCUT2D eigenvalue weighted by molar-refractivity contribution is 1.31. The highest BCUT2D eigenvalue weighted by Gasteiger charge is 2.25. The molecule has 0 atom stereocenters. The fourth-order valence-corrected chi connectivity index (χ4v) is 8.49. The van der Waals surface area contributed by atoms with Gasteiger partial charge in [-0.15, -0.1) is 11.1 Å². The fraction of sp³-hybridized carbons (Fsp3) is 0.273. The minimum atomic E-state index is -1.50. The Kier molecular flexibility index (Phi) is 6.26. The quantitative estimate of drug-likeness (QED) is 0.502. The van der Waals surface area contributed by atoms with Crippen molar-refractivity contribution in [3.05, 3.63) is 71.8 Å². The maximum atomic E-state index is 3.58. The summed E-state index contributed by atoms with van der Waals surface area (Å²) in [4.78, 5) is 0. The largest absolute Gasteiger partial charge is 0.132 e. The molecule has 0 amide bonds. The maximum Gasteiger partial charge on any atom is 0.132 e. The van der Waals surface area contributed by atoms with Crippen LogP contribution in [0.5, 0.6) is 0 Å². The van der Waals surface area contributed by atoms with Gasteiger partial charge in [0.2, 0.25) is 0 Å². The molecule has 0 aliphatic rings. The van der Waals surface area contributed by atoms with Crippen LogP contribution in [0.1, 0.15) is 11.1 Å². The number of hydrogen-bond acceptors (Lipinski definition) is 0. The van der Waals surface area contributed by atoms with Crippen molar-refractivity contribution in [3.63, 3.8) is 0 Å². The number of hydrogen-bond donors (Lipinski definition) is 0. The first-order valence-electron chi connectivity index (χ1n) is 8.53. The first-order chi connectivity index (χ1) is 11.4. The lowest BCUT2D eigenvalue weighted by Crippen LogP contribution is -2.30. The van der Waals surface area contributed by atoms with Crippen molar-refractivity contribution in [1.29, 1.82) is 0 Å². The average Bonchev–Trinajstić information content (AvgIpc) is 2.59. The lowest BCUT2D eigenvalue weighted by atomic mass is 10.2. The van der Waals surface area contributed by atoms with Gasteiger partial charge in [0.25, 0.3) is 0 Å². The van der Waals surface area contributed by atoms with Crippen LogP contribution in [0.25, 0.3) is 0 Å². The summed E-state index contributed by atoms with van der Waals surface area (Å²) in [7, 11) is -3.00. The molecule has 0 aliphatic carbocycles. The molecule has 0 fully saturated rings. The molecule has 0 heterocycles. The summed E-state index contributed by atoms with van der Waals surface area (Å²) in [6.45, 7) is 9.49.